The average molecular weight is 372 g/mol. The minimum Gasteiger partial charge on any atom is -0.268 e. The second-order valence-corrected chi connectivity index (χ2v) is 5.80. The molecule has 0 unspecified atom stereocenters. The molecule has 0 atom stereocenters. The molecule has 0 spiro atoms. The zero-order valence-corrected chi connectivity index (χ0v) is 12.8. The summed E-state index contributed by atoms with van der Waals surface area (Å²) in [6, 6.07) is 7.76. The average Bonchev–Trinajstić information content (AvgIpc) is 2.60. The quantitative estimate of drug-likeness (QED) is 0.563. The fourth-order valence-electron chi connectivity index (χ4n) is 2.03. The van der Waals surface area contributed by atoms with Crippen molar-refractivity contribution in [2.75, 3.05) is 4.90 Å². The summed E-state index contributed by atoms with van der Waals surface area (Å²) < 4.78 is 0.727. The van der Waals surface area contributed by atoms with E-state index in [-0.39, 0.29) is 10.3 Å². The van der Waals surface area contributed by atoms with E-state index in [4.69, 9.17) is 23.2 Å². The molecule has 0 fully saturated rings. The number of carbonyl (C=O) groups excluding carboxylic acids is 2. The van der Waals surface area contributed by atoms with Crippen molar-refractivity contribution < 1.29 is 9.59 Å². The number of halogens is 3. The van der Waals surface area contributed by atoms with E-state index >= 15 is 0 Å². The van der Waals surface area contributed by atoms with Gasteiger partial charge in [0.05, 0.1) is 16.8 Å². The zero-order valence-electron chi connectivity index (χ0n) is 9.73. The minimum absolute atomic E-state index is 0.116. The van der Waals surface area contributed by atoms with E-state index in [1.54, 1.807) is 18.2 Å². The second-order valence-electron chi connectivity index (χ2n) is 4.11. The van der Waals surface area contributed by atoms with Crippen molar-refractivity contribution >= 4 is 56.6 Å². The van der Waals surface area contributed by atoms with Gasteiger partial charge in [-0.2, -0.15) is 0 Å². The maximum absolute atomic E-state index is 12.4. The number of benzene rings is 1. The van der Waals surface area contributed by atoms with Crippen molar-refractivity contribution in [3.05, 3.63) is 56.2 Å². The Morgan fingerprint density at radius 2 is 1.55 bits per heavy atom. The lowest BCUT2D eigenvalue weighted by molar-refractivity contribution is 0.0926. The summed E-state index contributed by atoms with van der Waals surface area (Å²) in [7, 11) is 0. The minimum atomic E-state index is -0.412. The molecule has 2 amide bonds. The number of imide groups is 1. The Morgan fingerprint density at radius 3 is 2.20 bits per heavy atom. The molecule has 2 heterocycles. The van der Waals surface area contributed by atoms with Gasteiger partial charge in [-0.1, -0.05) is 39.1 Å². The molecule has 0 saturated heterocycles. The second kappa shape index (κ2) is 4.84. The molecule has 100 valence electrons. The molecule has 2 aromatic rings. The van der Waals surface area contributed by atoms with E-state index < -0.39 is 11.8 Å². The molecule has 20 heavy (non-hydrogen) atoms. The Morgan fingerprint density at radius 1 is 0.950 bits per heavy atom. The fourth-order valence-corrected chi connectivity index (χ4v) is 2.84. The molecule has 0 saturated carbocycles. The standard InChI is InChI=1S/C13H5BrCl2N2O2/c14-6-1-2-8-9(3-6)13(20)18(12(8)19)7-4-10(15)17-11(16)5-7/h1-5H. The van der Waals surface area contributed by atoms with E-state index in [1.807, 2.05) is 0 Å². The van der Waals surface area contributed by atoms with Crippen LogP contribution < -0.4 is 4.90 Å². The van der Waals surface area contributed by atoms with Crippen LogP contribution in [0, 0.1) is 0 Å². The van der Waals surface area contributed by atoms with Crippen LogP contribution in [0.1, 0.15) is 20.7 Å². The van der Waals surface area contributed by atoms with Crippen LogP contribution in [0.25, 0.3) is 0 Å². The molecule has 1 aliphatic heterocycles. The van der Waals surface area contributed by atoms with Gasteiger partial charge in [0.25, 0.3) is 11.8 Å². The van der Waals surface area contributed by atoms with Crippen LogP contribution in [0.2, 0.25) is 10.3 Å². The van der Waals surface area contributed by atoms with Crippen LogP contribution in [0.5, 0.6) is 0 Å². The van der Waals surface area contributed by atoms with Gasteiger partial charge < -0.3 is 0 Å². The highest BCUT2D eigenvalue weighted by molar-refractivity contribution is 9.10. The lowest BCUT2D eigenvalue weighted by atomic mass is 10.1. The highest BCUT2D eigenvalue weighted by atomic mass is 79.9. The Labute approximate surface area is 132 Å². The molecular weight excluding hydrogens is 367 g/mol. The molecule has 1 aliphatic rings. The lowest BCUT2D eigenvalue weighted by Gasteiger charge is -2.14. The molecule has 0 bridgehead atoms. The lowest BCUT2D eigenvalue weighted by Crippen LogP contribution is -2.29. The van der Waals surface area contributed by atoms with Gasteiger partial charge in [0.2, 0.25) is 0 Å². The van der Waals surface area contributed by atoms with Crippen LogP contribution >= 0.6 is 39.1 Å². The first-order chi connectivity index (χ1) is 9.47. The van der Waals surface area contributed by atoms with Crippen LogP contribution in [0.15, 0.2) is 34.8 Å². The highest BCUT2D eigenvalue weighted by Gasteiger charge is 2.37. The van der Waals surface area contributed by atoms with Crippen LogP contribution in [0.4, 0.5) is 5.69 Å². The maximum Gasteiger partial charge on any atom is 0.266 e. The first-order valence-corrected chi connectivity index (χ1v) is 7.03. The van der Waals surface area contributed by atoms with Crippen molar-refractivity contribution in [2.45, 2.75) is 0 Å². The Hall–Kier alpha value is -1.43. The summed E-state index contributed by atoms with van der Waals surface area (Å²) in [4.78, 5) is 29.5. The third kappa shape index (κ3) is 2.12. The number of hydrogen-bond acceptors (Lipinski definition) is 3. The number of amides is 2. The normalized spacial score (nSPS) is 13.8. The maximum atomic E-state index is 12.4. The molecule has 1 aromatic carbocycles. The van der Waals surface area contributed by atoms with Gasteiger partial charge in [-0.15, -0.1) is 0 Å². The highest BCUT2D eigenvalue weighted by Crippen LogP contribution is 2.32. The number of nitrogens with zero attached hydrogens (tertiary/aromatic N) is 2. The van der Waals surface area contributed by atoms with Gasteiger partial charge >= 0.3 is 0 Å². The molecule has 0 radical (unpaired) electrons. The zero-order chi connectivity index (χ0) is 14.4. The molecule has 7 heteroatoms. The van der Waals surface area contributed by atoms with E-state index in [0.29, 0.717) is 16.8 Å². The van der Waals surface area contributed by atoms with Gasteiger partial charge in [0, 0.05) is 4.47 Å². The first kappa shape index (κ1) is 13.5. The number of carbonyl (C=O) groups is 2. The van der Waals surface area contributed by atoms with Crippen molar-refractivity contribution in [1.82, 2.24) is 4.98 Å². The fraction of sp³-hybridized carbons (Fsp3) is 0. The summed E-state index contributed by atoms with van der Waals surface area (Å²) in [6.07, 6.45) is 0. The van der Waals surface area contributed by atoms with Crippen molar-refractivity contribution in [3.8, 4) is 0 Å². The van der Waals surface area contributed by atoms with Crippen molar-refractivity contribution in [1.29, 1.82) is 0 Å². The predicted octanol–water partition coefficient (Wildman–Crippen LogP) is 3.95. The molecule has 4 nitrogen and oxygen atoms in total. The van der Waals surface area contributed by atoms with E-state index in [2.05, 4.69) is 20.9 Å². The summed E-state index contributed by atoms with van der Waals surface area (Å²) in [5.41, 5.74) is 0.994. The Balaban J connectivity index is 2.14. The predicted molar refractivity (Wildman–Crippen MR) is 79.5 cm³/mol. The molecular formula is C13H5BrCl2N2O2. The number of fused-ring (bicyclic) bond motifs is 1. The summed E-state index contributed by atoms with van der Waals surface area (Å²) in [5, 5.41) is 0.232. The molecule has 0 N–H and O–H groups in total. The molecule has 1 aromatic heterocycles. The van der Waals surface area contributed by atoms with Crippen molar-refractivity contribution in [2.24, 2.45) is 0 Å². The van der Waals surface area contributed by atoms with Crippen LogP contribution in [-0.2, 0) is 0 Å². The SMILES string of the molecule is O=C1c2ccc(Br)cc2C(=O)N1c1cc(Cl)nc(Cl)c1. The van der Waals surface area contributed by atoms with Gasteiger partial charge in [0.1, 0.15) is 10.3 Å². The number of anilines is 1. The Kier molecular flexibility index (Phi) is 3.28. The van der Waals surface area contributed by atoms with Crippen molar-refractivity contribution in [3.63, 3.8) is 0 Å². The van der Waals surface area contributed by atoms with E-state index in [9.17, 15) is 9.59 Å². The van der Waals surface area contributed by atoms with Gasteiger partial charge in [-0.3, -0.25) is 9.59 Å². The monoisotopic (exact) mass is 370 g/mol. The van der Waals surface area contributed by atoms with Gasteiger partial charge in [-0.05, 0) is 30.3 Å². The number of pyridine rings is 1. The third-order valence-corrected chi connectivity index (χ3v) is 3.73. The number of hydrogen-bond donors (Lipinski definition) is 0. The largest absolute Gasteiger partial charge is 0.268 e. The number of aromatic nitrogens is 1. The summed E-state index contributed by atoms with van der Waals surface area (Å²) in [6.45, 7) is 0. The first-order valence-electron chi connectivity index (χ1n) is 5.49. The Bertz CT molecular complexity index is 744. The van der Waals surface area contributed by atoms with Crippen LogP contribution in [-0.4, -0.2) is 16.8 Å². The van der Waals surface area contributed by atoms with Crippen LogP contribution in [0.3, 0.4) is 0 Å². The van der Waals surface area contributed by atoms with E-state index in [0.717, 1.165) is 9.37 Å². The van der Waals surface area contributed by atoms with Gasteiger partial charge in [-0.25, -0.2) is 9.88 Å². The van der Waals surface area contributed by atoms with Gasteiger partial charge in [0.15, 0.2) is 0 Å². The topological polar surface area (TPSA) is 50.3 Å². The summed E-state index contributed by atoms with van der Waals surface area (Å²) in [5.74, 6) is -0.819. The smallest absolute Gasteiger partial charge is 0.266 e. The molecule has 0 aliphatic carbocycles. The third-order valence-electron chi connectivity index (χ3n) is 2.85. The number of rotatable bonds is 1. The van der Waals surface area contributed by atoms with E-state index in [1.165, 1.54) is 12.1 Å². The summed E-state index contributed by atoms with van der Waals surface area (Å²) >= 11 is 14.9. The molecule has 3 rings (SSSR count).